The van der Waals surface area contributed by atoms with Crippen LogP contribution in [0.25, 0.3) is 0 Å². The lowest BCUT2D eigenvalue weighted by Crippen LogP contribution is -2.12. The number of aromatic nitrogens is 1. The van der Waals surface area contributed by atoms with Crippen molar-refractivity contribution in [3.05, 3.63) is 51.1 Å². The van der Waals surface area contributed by atoms with Gasteiger partial charge in [0, 0.05) is 28.3 Å². The summed E-state index contributed by atoms with van der Waals surface area (Å²) in [5.74, 6) is 0.177. The molecule has 0 saturated carbocycles. The van der Waals surface area contributed by atoms with Crippen molar-refractivity contribution in [2.24, 2.45) is 0 Å². The van der Waals surface area contributed by atoms with Crippen molar-refractivity contribution < 1.29 is 4.79 Å². The third-order valence-electron chi connectivity index (χ3n) is 2.43. The van der Waals surface area contributed by atoms with Crippen LogP contribution < -0.4 is 10.6 Å². The van der Waals surface area contributed by atoms with Crippen molar-refractivity contribution in [2.75, 3.05) is 17.7 Å². The van der Waals surface area contributed by atoms with Gasteiger partial charge in [0.2, 0.25) is 0 Å². The first-order valence-corrected chi connectivity index (χ1v) is 6.74. The second kappa shape index (κ2) is 6.31. The summed E-state index contributed by atoms with van der Waals surface area (Å²) in [5.41, 5.74) is 0.886. The Bertz CT molecular complexity index is 641. The van der Waals surface area contributed by atoms with E-state index in [1.807, 2.05) is 0 Å². The minimum absolute atomic E-state index is 0.228. The molecule has 1 heterocycles. The van der Waals surface area contributed by atoms with Gasteiger partial charge >= 0.3 is 0 Å². The van der Waals surface area contributed by atoms with Gasteiger partial charge in [-0.25, -0.2) is 4.98 Å². The van der Waals surface area contributed by atoms with Crippen molar-refractivity contribution in [2.45, 2.75) is 0 Å². The molecule has 0 saturated heterocycles. The van der Waals surface area contributed by atoms with E-state index in [9.17, 15) is 4.79 Å². The average molecular weight is 331 g/mol. The van der Waals surface area contributed by atoms with E-state index in [1.165, 1.54) is 6.07 Å². The van der Waals surface area contributed by atoms with E-state index < -0.39 is 0 Å². The normalized spacial score (nSPS) is 10.2. The van der Waals surface area contributed by atoms with E-state index in [2.05, 4.69) is 15.6 Å². The number of carbonyl (C=O) groups is 1. The average Bonchev–Trinajstić information content (AvgIpc) is 2.36. The molecule has 0 aliphatic carbocycles. The van der Waals surface area contributed by atoms with Gasteiger partial charge < -0.3 is 10.6 Å². The summed E-state index contributed by atoms with van der Waals surface area (Å²) < 4.78 is 0. The number of amides is 1. The molecule has 4 nitrogen and oxygen atoms in total. The quantitative estimate of drug-likeness (QED) is 0.823. The minimum Gasteiger partial charge on any atom is -0.373 e. The smallest absolute Gasteiger partial charge is 0.255 e. The molecule has 20 heavy (non-hydrogen) atoms. The Kier molecular flexibility index (Phi) is 4.70. The fourth-order valence-electron chi connectivity index (χ4n) is 1.59. The molecule has 104 valence electrons. The number of halogens is 3. The summed E-state index contributed by atoms with van der Waals surface area (Å²) in [6, 6.07) is 7.86. The summed E-state index contributed by atoms with van der Waals surface area (Å²) in [7, 11) is 1.69. The zero-order chi connectivity index (χ0) is 14.7. The molecule has 0 aliphatic rings. The van der Waals surface area contributed by atoms with Crippen LogP contribution in [0.15, 0.2) is 30.3 Å². The van der Waals surface area contributed by atoms with Crippen molar-refractivity contribution in [3.8, 4) is 0 Å². The van der Waals surface area contributed by atoms with Crippen molar-refractivity contribution in [1.82, 2.24) is 4.98 Å². The van der Waals surface area contributed by atoms with Crippen LogP contribution in [0.2, 0.25) is 15.2 Å². The van der Waals surface area contributed by atoms with E-state index in [4.69, 9.17) is 34.8 Å². The van der Waals surface area contributed by atoms with Crippen molar-refractivity contribution >= 4 is 52.2 Å². The van der Waals surface area contributed by atoms with E-state index >= 15 is 0 Å². The van der Waals surface area contributed by atoms with Crippen LogP contribution in [0.3, 0.4) is 0 Å². The Morgan fingerprint density at radius 3 is 2.30 bits per heavy atom. The van der Waals surface area contributed by atoms with Gasteiger partial charge in [-0.15, -0.1) is 0 Å². The standard InChI is InChI=1S/C13H10Cl3N3O/c1-17-12-3-7(2-11(16)19-12)13(20)18-10-5-8(14)4-9(15)6-10/h2-6H,1H3,(H,17,19)(H,18,20). The molecule has 0 unspecified atom stereocenters. The van der Waals surface area contributed by atoms with Gasteiger partial charge in [-0.1, -0.05) is 34.8 Å². The predicted molar refractivity (Wildman–Crippen MR) is 83.2 cm³/mol. The van der Waals surface area contributed by atoms with E-state index in [1.54, 1.807) is 31.3 Å². The number of anilines is 2. The van der Waals surface area contributed by atoms with Gasteiger partial charge in [-0.3, -0.25) is 4.79 Å². The molecule has 0 aliphatic heterocycles. The molecule has 1 amide bonds. The molecule has 2 aromatic rings. The molecular weight excluding hydrogens is 321 g/mol. The SMILES string of the molecule is CNc1cc(C(=O)Nc2cc(Cl)cc(Cl)c2)cc(Cl)n1. The molecule has 1 aromatic carbocycles. The van der Waals surface area contributed by atoms with E-state index in [0.29, 0.717) is 27.1 Å². The summed E-state index contributed by atoms with van der Waals surface area (Å²) in [6.45, 7) is 0. The van der Waals surface area contributed by atoms with Gasteiger partial charge in [0.05, 0.1) is 0 Å². The predicted octanol–water partition coefficient (Wildman–Crippen LogP) is 4.34. The Hall–Kier alpha value is -1.49. The topological polar surface area (TPSA) is 54.0 Å². The largest absolute Gasteiger partial charge is 0.373 e. The summed E-state index contributed by atoms with van der Waals surface area (Å²) in [4.78, 5) is 16.1. The fourth-order valence-corrected chi connectivity index (χ4v) is 2.32. The molecule has 0 fully saturated rings. The second-order valence-electron chi connectivity index (χ2n) is 3.93. The Morgan fingerprint density at radius 1 is 1.05 bits per heavy atom. The lowest BCUT2D eigenvalue weighted by atomic mass is 10.2. The van der Waals surface area contributed by atoms with E-state index in [-0.39, 0.29) is 11.1 Å². The molecule has 0 atom stereocenters. The zero-order valence-corrected chi connectivity index (χ0v) is 12.6. The first kappa shape index (κ1) is 14.9. The Labute approximate surface area is 131 Å². The van der Waals surface area contributed by atoms with Gasteiger partial charge in [0.25, 0.3) is 5.91 Å². The van der Waals surface area contributed by atoms with Crippen molar-refractivity contribution in [3.63, 3.8) is 0 Å². The number of benzene rings is 1. The van der Waals surface area contributed by atoms with Gasteiger partial charge in [-0.05, 0) is 30.3 Å². The van der Waals surface area contributed by atoms with Crippen LogP contribution in [0.4, 0.5) is 11.5 Å². The monoisotopic (exact) mass is 329 g/mol. The van der Waals surface area contributed by atoms with Crippen LogP contribution in [0.5, 0.6) is 0 Å². The summed E-state index contributed by atoms with van der Waals surface area (Å²) in [6.07, 6.45) is 0. The highest BCUT2D eigenvalue weighted by atomic mass is 35.5. The fraction of sp³-hybridized carbons (Fsp3) is 0.0769. The van der Waals surface area contributed by atoms with Gasteiger partial charge in [0.1, 0.15) is 11.0 Å². The molecule has 0 spiro atoms. The molecule has 2 N–H and O–H groups in total. The van der Waals surface area contributed by atoms with E-state index in [0.717, 1.165) is 0 Å². The molecule has 1 aromatic heterocycles. The van der Waals surface area contributed by atoms with Crippen molar-refractivity contribution in [1.29, 1.82) is 0 Å². The zero-order valence-electron chi connectivity index (χ0n) is 10.4. The molecule has 0 bridgehead atoms. The van der Waals surface area contributed by atoms with Gasteiger partial charge in [-0.2, -0.15) is 0 Å². The molecule has 7 heteroatoms. The number of hydrogen-bond acceptors (Lipinski definition) is 3. The number of hydrogen-bond donors (Lipinski definition) is 2. The molecule has 0 radical (unpaired) electrons. The molecular formula is C13H10Cl3N3O. The maximum Gasteiger partial charge on any atom is 0.255 e. The summed E-state index contributed by atoms with van der Waals surface area (Å²) >= 11 is 17.6. The highest BCUT2D eigenvalue weighted by Gasteiger charge is 2.10. The number of carbonyl (C=O) groups excluding carboxylic acids is 1. The number of pyridine rings is 1. The van der Waals surface area contributed by atoms with Crippen LogP contribution in [0, 0.1) is 0 Å². The second-order valence-corrected chi connectivity index (χ2v) is 5.19. The van der Waals surface area contributed by atoms with Crippen LogP contribution >= 0.6 is 34.8 Å². The lowest BCUT2D eigenvalue weighted by molar-refractivity contribution is 0.102. The maximum absolute atomic E-state index is 12.1. The maximum atomic E-state index is 12.1. The van der Waals surface area contributed by atoms with Crippen LogP contribution in [-0.4, -0.2) is 17.9 Å². The first-order valence-electron chi connectivity index (χ1n) is 5.61. The Balaban J connectivity index is 2.25. The number of nitrogens with zero attached hydrogens (tertiary/aromatic N) is 1. The van der Waals surface area contributed by atoms with Gasteiger partial charge in [0.15, 0.2) is 0 Å². The lowest BCUT2D eigenvalue weighted by Gasteiger charge is -2.08. The summed E-state index contributed by atoms with van der Waals surface area (Å²) in [5, 5.41) is 6.63. The minimum atomic E-state index is -0.330. The highest BCUT2D eigenvalue weighted by Crippen LogP contribution is 2.23. The number of nitrogens with one attached hydrogen (secondary N) is 2. The molecule has 2 rings (SSSR count). The third kappa shape index (κ3) is 3.76. The third-order valence-corrected chi connectivity index (χ3v) is 3.06. The first-order chi connectivity index (χ1) is 9.47. The Morgan fingerprint density at radius 2 is 1.70 bits per heavy atom. The highest BCUT2D eigenvalue weighted by molar-refractivity contribution is 6.35. The van der Waals surface area contributed by atoms with Crippen LogP contribution in [-0.2, 0) is 0 Å². The number of rotatable bonds is 3. The van der Waals surface area contributed by atoms with Crippen LogP contribution in [0.1, 0.15) is 10.4 Å².